The van der Waals surface area contributed by atoms with Gasteiger partial charge in [-0.3, -0.25) is 15.1 Å². The van der Waals surface area contributed by atoms with Crippen molar-refractivity contribution < 1.29 is 0 Å². The zero-order valence-corrected chi connectivity index (χ0v) is 18.2. The van der Waals surface area contributed by atoms with Gasteiger partial charge in [0.1, 0.15) is 5.69 Å². The molecule has 7 heteroatoms. The molecule has 1 aliphatic heterocycles. The molecule has 4 aromatic rings. The van der Waals surface area contributed by atoms with E-state index in [0.717, 1.165) is 58.1 Å². The van der Waals surface area contributed by atoms with E-state index in [1.807, 2.05) is 49.6 Å². The number of nitrogens with zero attached hydrogens (tertiary/aromatic N) is 6. The highest BCUT2D eigenvalue weighted by atomic mass is 15.2. The molecule has 1 aliphatic rings. The standard InChI is InChI=1S/C24H27N7/c1-16-5-4-6-22(27-16)24-19(15-26-29-24)20-7-8-21-23(28-20)13-18(14-25-21)31-11-9-17(10-12-31)30(2)3/h4-8,13-15,17H,9-12H2,1-3H3,(H,26,29). The predicted molar refractivity (Wildman–Crippen MR) is 124 cm³/mol. The minimum Gasteiger partial charge on any atom is -0.370 e. The van der Waals surface area contributed by atoms with Gasteiger partial charge in [0.25, 0.3) is 0 Å². The molecule has 0 amide bonds. The Morgan fingerprint density at radius 2 is 1.84 bits per heavy atom. The predicted octanol–water partition coefficient (Wildman–Crippen LogP) is 3.92. The van der Waals surface area contributed by atoms with E-state index < -0.39 is 0 Å². The summed E-state index contributed by atoms with van der Waals surface area (Å²) >= 11 is 0. The molecule has 4 aromatic heterocycles. The molecule has 1 saturated heterocycles. The van der Waals surface area contributed by atoms with Crippen molar-refractivity contribution in [2.75, 3.05) is 32.1 Å². The molecule has 0 saturated carbocycles. The summed E-state index contributed by atoms with van der Waals surface area (Å²) in [5, 5.41) is 7.42. The Bertz CT molecular complexity index is 1210. The molecule has 5 rings (SSSR count). The van der Waals surface area contributed by atoms with Crippen LogP contribution in [0.5, 0.6) is 0 Å². The Balaban J connectivity index is 1.47. The summed E-state index contributed by atoms with van der Waals surface area (Å²) in [6.07, 6.45) is 6.19. The van der Waals surface area contributed by atoms with Crippen LogP contribution in [0.25, 0.3) is 33.7 Å². The van der Waals surface area contributed by atoms with Gasteiger partial charge in [0, 0.05) is 36.6 Å². The second kappa shape index (κ2) is 8.07. The Kier molecular flexibility index (Phi) is 5.11. The molecular formula is C24H27N7. The maximum Gasteiger partial charge on any atom is 0.120 e. The van der Waals surface area contributed by atoms with Crippen molar-refractivity contribution in [3.8, 4) is 22.6 Å². The third-order valence-corrected chi connectivity index (χ3v) is 6.13. The molecule has 0 bridgehead atoms. The SMILES string of the molecule is Cc1cccc(-c2n[nH]cc2-c2ccc3ncc(N4CCC(N(C)C)CC4)cc3n2)n1. The van der Waals surface area contributed by atoms with E-state index in [1.54, 1.807) is 0 Å². The van der Waals surface area contributed by atoms with Gasteiger partial charge in [0.2, 0.25) is 0 Å². The lowest BCUT2D eigenvalue weighted by atomic mass is 10.0. The molecule has 0 aromatic carbocycles. The number of nitrogens with one attached hydrogen (secondary N) is 1. The van der Waals surface area contributed by atoms with Crippen molar-refractivity contribution in [3.05, 3.63) is 54.5 Å². The smallest absolute Gasteiger partial charge is 0.120 e. The fourth-order valence-electron chi connectivity index (χ4n) is 4.31. The van der Waals surface area contributed by atoms with E-state index in [1.165, 1.54) is 12.8 Å². The van der Waals surface area contributed by atoms with Gasteiger partial charge in [-0.05, 0) is 64.2 Å². The monoisotopic (exact) mass is 413 g/mol. The third-order valence-electron chi connectivity index (χ3n) is 6.13. The normalized spacial score (nSPS) is 15.2. The van der Waals surface area contributed by atoms with E-state index in [9.17, 15) is 0 Å². The maximum atomic E-state index is 4.94. The van der Waals surface area contributed by atoms with Crippen LogP contribution in [-0.4, -0.2) is 63.3 Å². The van der Waals surface area contributed by atoms with Crippen molar-refractivity contribution in [1.29, 1.82) is 0 Å². The first-order valence-electron chi connectivity index (χ1n) is 10.7. The summed E-state index contributed by atoms with van der Waals surface area (Å²) in [5.74, 6) is 0. The molecule has 0 radical (unpaired) electrons. The number of hydrogen-bond donors (Lipinski definition) is 1. The van der Waals surface area contributed by atoms with Crippen LogP contribution in [0, 0.1) is 6.92 Å². The van der Waals surface area contributed by atoms with Crippen molar-refractivity contribution in [3.63, 3.8) is 0 Å². The lowest BCUT2D eigenvalue weighted by molar-refractivity contribution is 0.249. The molecule has 1 N–H and O–H groups in total. The van der Waals surface area contributed by atoms with Crippen LogP contribution in [0.1, 0.15) is 18.5 Å². The summed E-state index contributed by atoms with van der Waals surface area (Å²) in [6, 6.07) is 12.8. The number of anilines is 1. The van der Waals surface area contributed by atoms with E-state index in [-0.39, 0.29) is 0 Å². The van der Waals surface area contributed by atoms with Crippen molar-refractivity contribution in [2.24, 2.45) is 0 Å². The number of fused-ring (bicyclic) bond motifs is 1. The van der Waals surface area contributed by atoms with Crippen LogP contribution in [-0.2, 0) is 0 Å². The molecule has 5 heterocycles. The number of piperidine rings is 1. The topological polar surface area (TPSA) is 73.8 Å². The summed E-state index contributed by atoms with van der Waals surface area (Å²) < 4.78 is 0. The summed E-state index contributed by atoms with van der Waals surface area (Å²) in [5.41, 5.74) is 7.36. The van der Waals surface area contributed by atoms with Crippen molar-refractivity contribution >= 4 is 16.7 Å². The van der Waals surface area contributed by atoms with E-state index in [4.69, 9.17) is 4.98 Å². The maximum absolute atomic E-state index is 4.94. The second-order valence-corrected chi connectivity index (χ2v) is 8.42. The lowest BCUT2D eigenvalue weighted by Crippen LogP contribution is -2.42. The van der Waals surface area contributed by atoms with Gasteiger partial charge in [-0.15, -0.1) is 0 Å². The average Bonchev–Trinajstić information content (AvgIpc) is 3.28. The Morgan fingerprint density at radius 3 is 2.61 bits per heavy atom. The number of H-pyrrole nitrogens is 1. The third kappa shape index (κ3) is 3.88. The Labute approximate surface area is 182 Å². The van der Waals surface area contributed by atoms with Gasteiger partial charge in [0.15, 0.2) is 0 Å². The van der Waals surface area contributed by atoms with Gasteiger partial charge in [-0.25, -0.2) is 4.98 Å². The minimum absolute atomic E-state index is 0.657. The van der Waals surface area contributed by atoms with Crippen molar-refractivity contribution in [1.82, 2.24) is 30.0 Å². The Hall–Kier alpha value is -3.32. The van der Waals surface area contributed by atoms with Crippen LogP contribution in [0.4, 0.5) is 5.69 Å². The number of rotatable bonds is 4. The van der Waals surface area contributed by atoms with Crippen LogP contribution in [0.3, 0.4) is 0 Å². The van der Waals surface area contributed by atoms with Gasteiger partial charge in [0.05, 0.1) is 34.3 Å². The van der Waals surface area contributed by atoms with Crippen LogP contribution in [0.2, 0.25) is 0 Å². The molecular weight excluding hydrogens is 386 g/mol. The number of aryl methyl sites for hydroxylation is 1. The van der Waals surface area contributed by atoms with Crippen LogP contribution in [0.15, 0.2) is 48.8 Å². The number of hydrogen-bond acceptors (Lipinski definition) is 6. The lowest BCUT2D eigenvalue weighted by Gasteiger charge is -2.36. The van der Waals surface area contributed by atoms with Crippen LogP contribution >= 0.6 is 0 Å². The zero-order valence-electron chi connectivity index (χ0n) is 18.2. The molecule has 0 unspecified atom stereocenters. The number of aromatic amines is 1. The zero-order chi connectivity index (χ0) is 21.4. The first-order valence-corrected chi connectivity index (χ1v) is 10.7. The molecule has 31 heavy (non-hydrogen) atoms. The summed E-state index contributed by atoms with van der Waals surface area (Å²) in [4.78, 5) is 19.0. The van der Waals surface area contributed by atoms with Gasteiger partial charge in [-0.2, -0.15) is 5.10 Å². The van der Waals surface area contributed by atoms with Gasteiger partial charge in [-0.1, -0.05) is 6.07 Å². The van der Waals surface area contributed by atoms with E-state index in [2.05, 4.69) is 50.1 Å². The molecule has 7 nitrogen and oxygen atoms in total. The largest absolute Gasteiger partial charge is 0.370 e. The number of pyridine rings is 3. The molecule has 1 fully saturated rings. The molecule has 0 aliphatic carbocycles. The van der Waals surface area contributed by atoms with E-state index in [0.29, 0.717) is 6.04 Å². The first-order chi connectivity index (χ1) is 15.1. The highest BCUT2D eigenvalue weighted by Gasteiger charge is 2.21. The second-order valence-electron chi connectivity index (χ2n) is 8.42. The average molecular weight is 414 g/mol. The minimum atomic E-state index is 0.657. The quantitative estimate of drug-likeness (QED) is 0.547. The first kappa shape index (κ1) is 19.6. The summed E-state index contributed by atoms with van der Waals surface area (Å²) in [6.45, 7) is 4.07. The highest BCUT2D eigenvalue weighted by molar-refractivity contribution is 5.84. The van der Waals surface area contributed by atoms with Gasteiger partial charge < -0.3 is 9.80 Å². The summed E-state index contributed by atoms with van der Waals surface area (Å²) in [7, 11) is 4.33. The highest BCUT2D eigenvalue weighted by Crippen LogP contribution is 2.30. The molecule has 0 atom stereocenters. The number of aromatic nitrogens is 5. The fraction of sp³-hybridized carbons (Fsp3) is 0.333. The molecule has 0 spiro atoms. The van der Waals surface area contributed by atoms with Crippen molar-refractivity contribution in [2.45, 2.75) is 25.8 Å². The fourth-order valence-corrected chi connectivity index (χ4v) is 4.31. The Morgan fingerprint density at radius 1 is 1.00 bits per heavy atom. The molecule has 158 valence electrons. The van der Waals surface area contributed by atoms with E-state index >= 15 is 0 Å². The van der Waals surface area contributed by atoms with Gasteiger partial charge >= 0.3 is 0 Å². The van der Waals surface area contributed by atoms with Crippen LogP contribution < -0.4 is 4.90 Å².